The molecule has 0 aliphatic heterocycles. The van der Waals surface area contributed by atoms with E-state index in [4.69, 9.17) is 4.74 Å². The Hall–Kier alpha value is -0.580. The lowest BCUT2D eigenvalue weighted by Crippen LogP contribution is -2.44. The van der Waals surface area contributed by atoms with Gasteiger partial charge in [-0.05, 0) is 60.3 Å². The van der Waals surface area contributed by atoms with Gasteiger partial charge >= 0.3 is 0 Å². The van der Waals surface area contributed by atoms with Gasteiger partial charge in [-0.25, -0.2) is 0 Å². The lowest BCUT2D eigenvalue weighted by atomic mass is 10.0. The normalized spacial score (nSPS) is 19.0. The number of aryl methyl sites for hydroxylation is 1. The number of benzene rings is 1. The van der Waals surface area contributed by atoms with Crippen LogP contribution in [0.2, 0.25) is 0 Å². The summed E-state index contributed by atoms with van der Waals surface area (Å²) in [4.78, 5) is 0. The first-order valence-electron chi connectivity index (χ1n) is 7.31. The fourth-order valence-electron chi connectivity index (χ4n) is 2.66. The summed E-state index contributed by atoms with van der Waals surface area (Å²) < 4.78 is 6.60. The summed E-state index contributed by atoms with van der Waals surface area (Å²) in [6.45, 7) is 5.17. The predicted molar refractivity (Wildman–Crippen MR) is 85.3 cm³/mol. The molecular weight excluding hydrogens is 318 g/mol. The van der Waals surface area contributed by atoms with Crippen molar-refractivity contribution in [2.45, 2.75) is 51.2 Å². The third-order valence-electron chi connectivity index (χ3n) is 3.99. The molecule has 3 nitrogen and oxygen atoms in total. The average molecular weight is 342 g/mol. The summed E-state index contributed by atoms with van der Waals surface area (Å²) in [5.74, 6) is 0.779. The number of ether oxygens (including phenoxy) is 1. The van der Waals surface area contributed by atoms with E-state index >= 15 is 0 Å². The highest BCUT2D eigenvalue weighted by Gasteiger charge is 2.28. The minimum atomic E-state index is -0.486. The molecule has 2 N–H and O–H groups in total. The summed E-state index contributed by atoms with van der Waals surface area (Å²) >= 11 is 3.48. The highest BCUT2D eigenvalue weighted by molar-refractivity contribution is 9.10. The first-order valence-corrected chi connectivity index (χ1v) is 8.10. The van der Waals surface area contributed by atoms with Gasteiger partial charge in [0, 0.05) is 12.1 Å². The molecule has 0 radical (unpaired) electrons. The van der Waals surface area contributed by atoms with Gasteiger partial charge in [0.15, 0.2) is 0 Å². The van der Waals surface area contributed by atoms with E-state index in [1.54, 1.807) is 0 Å². The van der Waals surface area contributed by atoms with Gasteiger partial charge in [0.05, 0.1) is 4.47 Å². The quantitative estimate of drug-likeness (QED) is 0.832. The molecule has 1 aromatic carbocycles. The zero-order valence-electron chi connectivity index (χ0n) is 12.3. The van der Waals surface area contributed by atoms with Crippen LogP contribution in [0.25, 0.3) is 0 Å². The van der Waals surface area contributed by atoms with Crippen molar-refractivity contribution in [3.63, 3.8) is 0 Å². The van der Waals surface area contributed by atoms with Crippen molar-refractivity contribution in [2.75, 3.05) is 13.2 Å². The van der Waals surface area contributed by atoms with Crippen LogP contribution in [-0.2, 0) is 0 Å². The van der Waals surface area contributed by atoms with Crippen molar-refractivity contribution in [1.29, 1.82) is 0 Å². The van der Waals surface area contributed by atoms with Crippen LogP contribution in [0, 0.1) is 6.92 Å². The van der Waals surface area contributed by atoms with Crippen LogP contribution >= 0.6 is 15.9 Å². The Morgan fingerprint density at radius 1 is 1.40 bits per heavy atom. The number of hydrogen-bond donors (Lipinski definition) is 2. The molecule has 0 saturated heterocycles. The third-order valence-corrected chi connectivity index (χ3v) is 4.61. The molecule has 0 aromatic heterocycles. The van der Waals surface area contributed by atoms with Gasteiger partial charge < -0.3 is 15.2 Å². The Balaban J connectivity index is 1.75. The summed E-state index contributed by atoms with van der Waals surface area (Å²) in [6.07, 6.45) is 4.48. The Bertz CT molecular complexity index is 444. The lowest BCUT2D eigenvalue weighted by molar-refractivity contribution is 0.0976. The van der Waals surface area contributed by atoms with Gasteiger partial charge in [-0.3, -0.25) is 0 Å². The molecule has 20 heavy (non-hydrogen) atoms. The topological polar surface area (TPSA) is 41.5 Å². The van der Waals surface area contributed by atoms with E-state index in [2.05, 4.69) is 28.2 Å². The van der Waals surface area contributed by atoms with Crippen molar-refractivity contribution in [3.8, 4) is 5.75 Å². The zero-order valence-corrected chi connectivity index (χ0v) is 13.9. The first-order chi connectivity index (χ1) is 9.48. The summed E-state index contributed by atoms with van der Waals surface area (Å²) in [5.41, 5.74) is 1.38. The third kappa shape index (κ3) is 4.47. The molecule has 1 saturated carbocycles. The fourth-order valence-corrected chi connectivity index (χ4v) is 3.27. The van der Waals surface area contributed by atoms with Gasteiger partial charge in [-0.15, -0.1) is 0 Å². The number of aliphatic hydroxyl groups is 1. The summed E-state index contributed by atoms with van der Waals surface area (Å²) in [7, 11) is 0. The molecule has 0 heterocycles. The van der Waals surface area contributed by atoms with E-state index in [0.29, 0.717) is 13.2 Å². The number of nitrogens with one attached hydrogen (secondary N) is 1. The Morgan fingerprint density at radius 2 is 2.10 bits per heavy atom. The van der Waals surface area contributed by atoms with E-state index in [-0.39, 0.29) is 5.54 Å². The van der Waals surface area contributed by atoms with E-state index in [9.17, 15) is 5.11 Å². The van der Waals surface area contributed by atoms with Gasteiger partial charge in [-0.1, -0.05) is 18.9 Å². The van der Waals surface area contributed by atoms with Crippen LogP contribution in [-0.4, -0.2) is 29.9 Å². The van der Waals surface area contributed by atoms with Crippen LogP contribution in [0.5, 0.6) is 5.75 Å². The van der Waals surface area contributed by atoms with E-state index < -0.39 is 6.10 Å². The molecule has 112 valence electrons. The second-order valence-electron chi connectivity index (χ2n) is 6.05. The molecule has 1 atom stereocenters. The highest BCUT2D eigenvalue weighted by Crippen LogP contribution is 2.29. The zero-order chi connectivity index (χ0) is 14.6. The lowest BCUT2D eigenvalue weighted by Gasteiger charge is -2.27. The van der Waals surface area contributed by atoms with Gasteiger partial charge in [0.2, 0.25) is 0 Å². The standard InChI is InChI=1S/C16H24BrNO2/c1-12-5-6-15(14(17)9-12)20-11-13(19)10-18-16(2)7-3-4-8-16/h5-6,9,13,18-19H,3-4,7-8,10-11H2,1-2H3. The van der Waals surface area contributed by atoms with Crippen molar-refractivity contribution < 1.29 is 9.84 Å². The minimum Gasteiger partial charge on any atom is -0.490 e. The van der Waals surface area contributed by atoms with Crippen molar-refractivity contribution in [3.05, 3.63) is 28.2 Å². The SMILES string of the molecule is Cc1ccc(OCC(O)CNC2(C)CCCC2)c(Br)c1. The molecule has 2 rings (SSSR count). The summed E-state index contributed by atoms with van der Waals surface area (Å²) in [5, 5.41) is 13.5. The van der Waals surface area contributed by atoms with E-state index in [1.807, 2.05) is 25.1 Å². The minimum absolute atomic E-state index is 0.200. The van der Waals surface area contributed by atoms with Crippen LogP contribution in [0.1, 0.15) is 38.2 Å². The molecule has 0 bridgehead atoms. The smallest absolute Gasteiger partial charge is 0.133 e. The monoisotopic (exact) mass is 341 g/mol. The largest absolute Gasteiger partial charge is 0.490 e. The fraction of sp³-hybridized carbons (Fsp3) is 0.625. The molecule has 0 spiro atoms. The van der Waals surface area contributed by atoms with Gasteiger partial charge in [-0.2, -0.15) is 0 Å². The first kappa shape index (κ1) is 15.8. The van der Waals surface area contributed by atoms with E-state index in [0.717, 1.165) is 10.2 Å². The van der Waals surface area contributed by atoms with Crippen LogP contribution in [0.4, 0.5) is 0 Å². The maximum atomic E-state index is 10.0. The molecule has 1 unspecified atom stereocenters. The maximum Gasteiger partial charge on any atom is 0.133 e. The summed E-state index contributed by atoms with van der Waals surface area (Å²) in [6, 6.07) is 5.95. The second-order valence-corrected chi connectivity index (χ2v) is 6.90. The van der Waals surface area contributed by atoms with Gasteiger partial charge in [0.25, 0.3) is 0 Å². The van der Waals surface area contributed by atoms with Crippen molar-refractivity contribution in [1.82, 2.24) is 5.32 Å². The molecule has 1 fully saturated rings. The van der Waals surface area contributed by atoms with Crippen molar-refractivity contribution in [2.24, 2.45) is 0 Å². The average Bonchev–Trinajstić information content (AvgIpc) is 2.83. The Morgan fingerprint density at radius 3 is 2.75 bits per heavy atom. The molecule has 4 heteroatoms. The second kappa shape index (κ2) is 6.92. The van der Waals surface area contributed by atoms with Crippen LogP contribution in [0.15, 0.2) is 22.7 Å². The predicted octanol–water partition coefficient (Wildman–Crippen LogP) is 3.42. The highest BCUT2D eigenvalue weighted by atomic mass is 79.9. The molecule has 1 aliphatic rings. The molecule has 1 aliphatic carbocycles. The number of halogens is 1. The number of aliphatic hydroxyl groups excluding tert-OH is 1. The molecule has 1 aromatic rings. The van der Waals surface area contributed by atoms with Crippen molar-refractivity contribution >= 4 is 15.9 Å². The number of rotatable bonds is 6. The van der Waals surface area contributed by atoms with Crippen LogP contribution in [0.3, 0.4) is 0 Å². The molecule has 0 amide bonds. The Kier molecular flexibility index (Phi) is 5.47. The maximum absolute atomic E-state index is 10.0. The number of β-amino-alcohol motifs (C(OH)–C–C–N with tert-alkyl or cyclic N) is 1. The van der Waals surface area contributed by atoms with E-state index in [1.165, 1.54) is 31.2 Å². The molecular formula is C16H24BrNO2. The van der Waals surface area contributed by atoms with Gasteiger partial charge in [0.1, 0.15) is 18.5 Å². The van der Waals surface area contributed by atoms with Crippen LogP contribution < -0.4 is 10.1 Å². The Labute approximate surface area is 129 Å². The number of hydrogen-bond acceptors (Lipinski definition) is 3.